The number of ether oxygens (including phenoxy) is 2. The van der Waals surface area contributed by atoms with Crippen molar-refractivity contribution in [1.82, 2.24) is 9.97 Å². The molecule has 0 amide bonds. The van der Waals surface area contributed by atoms with Crippen molar-refractivity contribution in [3.63, 3.8) is 0 Å². The maximum absolute atomic E-state index is 14.7. The molecule has 0 saturated carbocycles. The van der Waals surface area contributed by atoms with Crippen molar-refractivity contribution in [1.29, 1.82) is 0 Å². The number of hydrogen-bond acceptors (Lipinski definition) is 6. The molecule has 3 rings (SSSR count). The fraction of sp³-hybridized carbons (Fsp3) is 0.480. The van der Waals surface area contributed by atoms with Gasteiger partial charge in [-0.25, -0.2) is 13.8 Å². The van der Waals surface area contributed by atoms with Crippen LogP contribution in [0, 0.1) is 5.82 Å². The van der Waals surface area contributed by atoms with E-state index in [-0.39, 0.29) is 23.6 Å². The highest BCUT2D eigenvalue weighted by molar-refractivity contribution is 5.85. The Kier molecular flexibility index (Phi) is 8.17. The molecule has 2 aromatic rings. The van der Waals surface area contributed by atoms with Gasteiger partial charge in [-0.1, -0.05) is 24.6 Å². The minimum absolute atomic E-state index is 0.00651. The van der Waals surface area contributed by atoms with Crippen LogP contribution in [-0.4, -0.2) is 47.5 Å². The summed E-state index contributed by atoms with van der Waals surface area (Å²) < 4.78 is 51.7. The second-order valence-corrected chi connectivity index (χ2v) is 8.86. The fourth-order valence-electron chi connectivity index (χ4n) is 3.64. The summed E-state index contributed by atoms with van der Waals surface area (Å²) in [7, 11) is 0. The summed E-state index contributed by atoms with van der Waals surface area (Å²) in [6.07, 6.45) is 2.67. The van der Waals surface area contributed by atoms with Gasteiger partial charge in [-0.05, 0) is 31.0 Å². The number of carbonyl (C=O) groups is 1. The third-order valence-electron chi connectivity index (χ3n) is 5.61. The summed E-state index contributed by atoms with van der Waals surface area (Å²) >= 11 is 0. The maximum atomic E-state index is 14.7. The van der Waals surface area contributed by atoms with E-state index in [4.69, 9.17) is 9.47 Å². The van der Waals surface area contributed by atoms with Gasteiger partial charge in [-0.3, -0.25) is 4.79 Å². The van der Waals surface area contributed by atoms with Gasteiger partial charge in [0.05, 0.1) is 6.54 Å². The molecule has 2 heterocycles. The SMILES string of the molecule is C=C(C)CCC(=O)C(C)c1ccc(OC2CCN(c3ncnc(OCC(C)(F)F)c3F)C2)cc1. The Morgan fingerprint density at radius 3 is 2.62 bits per heavy atom. The second-order valence-electron chi connectivity index (χ2n) is 8.86. The Labute approximate surface area is 197 Å². The van der Waals surface area contributed by atoms with Crippen LogP contribution in [0.5, 0.6) is 11.6 Å². The highest BCUT2D eigenvalue weighted by Crippen LogP contribution is 2.29. The van der Waals surface area contributed by atoms with Gasteiger partial charge < -0.3 is 14.4 Å². The van der Waals surface area contributed by atoms with Crippen LogP contribution < -0.4 is 14.4 Å². The Morgan fingerprint density at radius 1 is 1.26 bits per heavy atom. The van der Waals surface area contributed by atoms with E-state index >= 15 is 0 Å². The van der Waals surface area contributed by atoms with Gasteiger partial charge in [-0.2, -0.15) is 9.37 Å². The van der Waals surface area contributed by atoms with Crippen molar-refractivity contribution in [2.24, 2.45) is 0 Å². The van der Waals surface area contributed by atoms with Gasteiger partial charge in [-0.15, -0.1) is 6.58 Å². The normalized spacial score (nSPS) is 16.9. The Bertz CT molecular complexity index is 1010. The van der Waals surface area contributed by atoms with E-state index in [1.165, 1.54) is 0 Å². The highest BCUT2D eigenvalue weighted by Gasteiger charge is 2.30. The average molecular weight is 478 g/mol. The first-order valence-electron chi connectivity index (χ1n) is 11.2. The lowest BCUT2D eigenvalue weighted by molar-refractivity contribution is -0.120. The van der Waals surface area contributed by atoms with E-state index < -0.39 is 24.2 Å². The third-order valence-corrected chi connectivity index (χ3v) is 5.61. The van der Waals surface area contributed by atoms with Crippen molar-refractivity contribution in [3.8, 4) is 11.6 Å². The van der Waals surface area contributed by atoms with Crippen molar-refractivity contribution in [2.75, 3.05) is 24.6 Å². The van der Waals surface area contributed by atoms with Gasteiger partial charge in [0.1, 0.15) is 24.0 Å². The van der Waals surface area contributed by atoms with Crippen LogP contribution in [0.15, 0.2) is 42.7 Å². The number of carbonyl (C=O) groups excluding carboxylic acids is 1. The van der Waals surface area contributed by atoms with E-state index in [2.05, 4.69) is 16.5 Å². The molecule has 1 aromatic heterocycles. The third kappa shape index (κ3) is 6.95. The molecule has 1 saturated heterocycles. The average Bonchev–Trinajstić information content (AvgIpc) is 3.24. The molecule has 0 aliphatic carbocycles. The lowest BCUT2D eigenvalue weighted by atomic mass is 9.93. The maximum Gasteiger partial charge on any atom is 0.278 e. The largest absolute Gasteiger partial charge is 0.489 e. The number of allylic oxidation sites excluding steroid dienone is 1. The number of ketones is 1. The number of hydrogen-bond donors (Lipinski definition) is 0. The molecule has 1 aromatic carbocycles. The zero-order chi connectivity index (χ0) is 24.9. The molecular weight excluding hydrogens is 447 g/mol. The molecular formula is C25H30F3N3O3. The molecule has 184 valence electrons. The number of nitrogens with zero attached hydrogens (tertiary/aromatic N) is 3. The van der Waals surface area contributed by atoms with Gasteiger partial charge in [0.2, 0.25) is 5.82 Å². The second kappa shape index (κ2) is 10.9. The summed E-state index contributed by atoms with van der Waals surface area (Å²) in [6, 6.07) is 7.40. The fourth-order valence-corrected chi connectivity index (χ4v) is 3.64. The van der Waals surface area contributed by atoms with Crippen LogP contribution in [0.4, 0.5) is 19.0 Å². The molecule has 0 N–H and O–H groups in total. The zero-order valence-corrected chi connectivity index (χ0v) is 19.7. The lowest BCUT2D eigenvalue weighted by Crippen LogP contribution is -2.27. The molecule has 1 aliphatic heterocycles. The molecule has 1 aliphatic rings. The number of aromatic nitrogens is 2. The van der Waals surface area contributed by atoms with Crippen LogP contribution in [-0.2, 0) is 4.79 Å². The predicted molar refractivity (Wildman–Crippen MR) is 123 cm³/mol. The molecule has 2 atom stereocenters. The summed E-state index contributed by atoms with van der Waals surface area (Å²) in [4.78, 5) is 21.6. The molecule has 34 heavy (non-hydrogen) atoms. The van der Waals surface area contributed by atoms with Crippen molar-refractivity contribution in [2.45, 2.75) is 58.0 Å². The molecule has 0 radical (unpaired) electrons. The van der Waals surface area contributed by atoms with Gasteiger partial charge >= 0.3 is 0 Å². The smallest absolute Gasteiger partial charge is 0.278 e. The first-order chi connectivity index (χ1) is 16.0. The number of halogens is 3. The standard InChI is InChI=1S/C25H30F3N3O3/c1-16(2)5-10-21(32)17(3)18-6-8-19(9-7-18)34-20-11-12-31(13-20)23-22(26)24(30-15-29-23)33-14-25(4,27)28/h6-9,15,17,20H,1,5,10-14H2,2-4H3. The molecule has 1 fully saturated rings. The van der Waals surface area contributed by atoms with Gasteiger partial charge in [0.15, 0.2) is 12.4 Å². The first-order valence-corrected chi connectivity index (χ1v) is 11.2. The van der Waals surface area contributed by atoms with Crippen LogP contribution in [0.2, 0.25) is 0 Å². The summed E-state index contributed by atoms with van der Waals surface area (Å²) in [5.74, 6) is -3.88. The predicted octanol–water partition coefficient (Wildman–Crippen LogP) is 5.34. The Morgan fingerprint density at radius 2 is 1.97 bits per heavy atom. The van der Waals surface area contributed by atoms with Crippen molar-refractivity contribution >= 4 is 11.6 Å². The summed E-state index contributed by atoms with van der Waals surface area (Å²) in [5, 5.41) is 0. The number of anilines is 1. The molecule has 6 nitrogen and oxygen atoms in total. The van der Waals surface area contributed by atoms with E-state index in [0.717, 1.165) is 17.5 Å². The van der Waals surface area contributed by atoms with Crippen molar-refractivity contribution in [3.05, 3.63) is 54.1 Å². The summed E-state index contributed by atoms with van der Waals surface area (Å²) in [5.41, 5.74) is 1.91. The highest BCUT2D eigenvalue weighted by atomic mass is 19.3. The zero-order valence-electron chi connectivity index (χ0n) is 19.7. The molecule has 2 unspecified atom stereocenters. The Hall–Kier alpha value is -3.10. The number of alkyl halides is 2. The van der Waals surface area contributed by atoms with Gasteiger partial charge in [0, 0.05) is 32.2 Å². The summed E-state index contributed by atoms with van der Waals surface area (Å²) in [6.45, 7) is 8.20. The van der Waals surface area contributed by atoms with Gasteiger partial charge in [0.25, 0.3) is 11.8 Å². The van der Waals surface area contributed by atoms with Crippen LogP contribution in [0.1, 0.15) is 51.5 Å². The number of Topliss-reactive ketones (excluding diaryl/α,β-unsaturated/α-hetero) is 1. The van der Waals surface area contributed by atoms with Crippen LogP contribution in [0.25, 0.3) is 0 Å². The quantitative estimate of drug-likeness (QED) is 0.407. The minimum atomic E-state index is -3.10. The van der Waals surface area contributed by atoms with Crippen LogP contribution in [0.3, 0.4) is 0 Å². The number of benzene rings is 1. The lowest BCUT2D eigenvalue weighted by Gasteiger charge is -2.20. The molecule has 0 bridgehead atoms. The van der Waals surface area contributed by atoms with E-state index in [1.807, 2.05) is 38.1 Å². The van der Waals surface area contributed by atoms with E-state index in [9.17, 15) is 18.0 Å². The monoisotopic (exact) mass is 477 g/mol. The minimum Gasteiger partial charge on any atom is -0.489 e. The molecule has 9 heteroatoms. The Balaban J connectivity index is 1.57. The van der Waals surface area contributed by atoms with Crippen molar-refractivity contribution < 1.29 is 27.4 Å². The van der Waals surface area contributed by atoms with E-state index in [0.29, 0.717) is 45.0 Å². The van der Waals surface area contributed by atoms with E-state index in [1.54, 1.807) is 4.90 Å². The first kappa shape index (κ1) is 25.5. The molecule has 0 spiro atoms. The number of rotatable bonds is 11. The van der Waals surface area contributed by atoms with Crippen LogP contribution >= 0.6 is 0 Å². The topological polar surface area (TPSA) is 64.5 Å².